The molecule has 0 saturated carbocycles. The summed E-state index contributed by atoms with van der Waals surface area (Å²) in [5.74, 6) is -1.06. The molecule has 0 heterocycles. The van der Waals surface area contributed by atoms with Gasteiger partial charge in [-0.3, -0.25) is 14.9 Å². The Labute approximate surface area is 109 Å². The van der Waals surface area contributed by atoms with Gasteiger partial charge in [-0.1, -0.05) is 13.3 Å². The first-order valence-corrected chi connectivity index (χ1v) is 5.91. The molecule has 7 heteroatoms. The number of non-ortho nitro benzene ring substituents is 1. The lowest BCUT2D eigenvalue weighted by Crippen LogP contribution is -2.21. The quantitative estimate of drug-likeness (QED) is 0.610. The van der Waals surface area contributed by atoms with Crippen molar-refractivity contribution in [3.05, 3.63) is 34.1 Å². The van der Waals surface area contributed by atoms with E-state index in [0.29, 0.717) is 6.54 Å². The van der Waals surface area contributed by atoms with Gasteiger partial charge in [-0.2, -0.15) is 0 Å². The molecule has 6 nitrogen and oxygen atoms in total. The van der Waals surface area contributed by atoms with Crippen molar-refractivity contribution < 1.29 is 14.1 Å². The van der Waals surface area contributed by atoms with Crippen molar-refractivity contribution >= 4 is 17.3 Å². The molecule has 0 aliphatic rings. The Balaban J connectivity index is 2.76. The van der Waals surface area contributed by atoms with Gasteiger partial charge >= 0.3 is 0 Å². The summed E-state index contributed by atoms with van der Waals surface area (Å²) >= 11 is 0. The van der Waals surface area contributed by atoms with Crippen molar-refractivity contribution in [1.82, 2.24) is 0 Å². The Bertz CT molecular complexity index is 475. The normalized spacial score (nSPS) is 11.9. The van der Waals surface area contributed by atoms with Gasteiger partial charge in [-0.05, 0) is 18.5 Å². The number of nitrogens with two attached hydrogens (primary N) is 1. The SMILES string of the molecule is CCC(CN)CC(=O)Nc1cc(F)cc([N+](=O)[O-])c1. The molecule has 19 heavy (non-hydrogen) atoms. The summed E-state index contributed by atoms with van der Waals surface area (Å²) < 4.78 is 13.2. The number of anilines is 1. The number of hydrogen-bond acceptors (Lipinski definition) is 4. The van der Waals surface area contributed by atoms with Gasteiger partial charge in [0, 0.05) is 12.5 Å². The average molecular weight is 269 g/mol. The van der Waals surface area contributed by atoms with Gasteiger partial charge in [-0.15, -0.1) is 0 Å². The van der Waals surface area contributed by atoms with E-state index in [9.17, 15) is 19.3 Å². The Morgan fingerprint density at radius 2 is 2.21 bits per heavy atom. The molecule has 0 spiro atoms. The number of nitro benzene ring substituents is 1. The molecule has 104 valence electrons. The van der Waals surface area contributed by atoms with Gasteiger partial charge < -0.3 is 11.1 Å². The summed E-state index contributed by atoms with van der Waals surface area (Å²) in [6, 6.07) is 2.95. The van der Waals surface area contributed by atoms with Crippen LogP contribution in [-0.2, 0) is 4.79 Å². The second kappa shape index (κ2) is 6.79. The summed E-state index contributed by atoms with van der Waals surface area (Å²) in [7, 11) is 0. The lowest BCUT2D eigenvalue weighted by atomic mass is 10.0. The van der Waals surface area contributed by atoms with E-state index >= 15 is 0 Å². The van der Waals surface area contributed by atoms with Crippen molar-refractivity contribution in [2.24, 2.45) is 11.7 Å². The Hall–Kier alpha value is -2.02. The lowest BCUT2D eigenvalue weighted by Gasteiger charge is -2.12. The number of nitrogens with zero attached hydrogens (tertiary/aromatic N) is 1. The molecule has 1 unspecified atom stereocenters. The van der Waals surface area contributed by atoms with Gasteiger partial charge in [-0.25, -0.2) is 4.39 Å². The first-order chi connectivity index (χ1) is 8.96. The molecular weight excluding hydrogens is 253 g/mol. The Kier molecular flexibility index (Phi) is 5.37. The van der Waals surface area contributed by atoms with Crippen LogP contribution in [0.2, 0.25) is 0 Å². The number of hydrogen-bond donors (Lipinski definition) is 2. The minimum absolute atomic E-state index is 0.0449. The monoisotopic (exact) mass is 269 g/mol. The van der Waals surface area contributed by atoms with Crippen LogP contribution >= 0.6 is 0 Å². The van der Waals surface area contributed by atoms with Gasteiger partial charge in [0.1, 0.15) is 5.82 Å². The number of amides is 1. The fourth-order valence-electron chi connectivity index (χ4n) is 1.62. The minimum Gasteiger partial charge on any atom is -0.330 e. The maximum absolute atomic E-state index is 13.2. The predicted octanol–water partition coefficient (Wildman–Crippen LogP) is 2.05. The maximum Gasteiger partial charge on any atom is 0.274 e. The number of carbonyl (C=O) groups excluding carboxylic acids is 1. The Morgan fingerprint density at radius 1 is 1.53 bits per heavy atom. The average Bonchev–Trinajstić information content (AvgIpc) is 2.35. The number of carbonyl (C=O) groups is 1. The summed E-state index contributed by atoms with van der Waals surface area (Å²) in [5, 5.41) is 13.0. The molecule has 0 aliphatic carbocycles. The molecule has 3 N–H and O–H groups in total. The molecule has 0 fully saturated rings. The predicted molar refractivity (Wildman–Crippen MR) is 69.1 cm³/mol. The molecule has 0 bridgehead atoms. The molecule has 0 aromatic heterocycles. The zero-order chi connectivity index (χ0) is 14.4. The van der Waals surface area contributed by atoms with Gasteiger partial charge in [0.25, 0.3) is 5.69 Å². The van der Waals surface area contributed by atoms with E-state index in [1.165, 1.54) is 0 Å². The lowest BCUT2D eigenvalue weighted by molar-refractivity contribution is -0.385. The summed E-state index contributed by atoms with van der Waals surface area (Å²) in [6.45, 7) is 2.30. The van der Waals surface area contributed by atoms with Crippen LogP contribution in [0.25, 0.3) is 0 Å². The highest BCUT2D eigenvalue weighted by molar-refractivity contribution is 5.91. The van der Waals surface area contributed by atoms with Crippen LogP contribution in [0.1, 0.15) is 19.8 Å². The van der Waals surface area contributed by atoms with Gasteiger partial charge in [0.2, 0.25) is 5.91 Å². The second-order valence-electron chi connectivity index (χ2n) is 4.22. The van der Waals surface area contributed by atoms with Crippen molar-refractivity contribution in [3.8, 4) is 0 Å². The fourth-order valence-corrected chi connectivity index (χ4v) is 1.62. The molecule has 1 rings (SSSR count). The number of nitrogens with one attached hydrogen (secondary N) is 1. The van der Waals surface area contributed by atoms with Crippen molar-refractivity contribution in [2.45, 2.75) is 19.8 Å². The molecule has 0 aliphatic heterocycles. The number of halogens is 1. The van der Waals surface area contributed by atoms with Crippen LogP contribution in [0, 0.1) is 21.8 Å². The molecule has 1 aromatic carbocycles. The summed E-state index contributed by atoms with van der Waals surface area (Å²) in [4.78, 5) is 21.5. The highest BCUT2D eigenvalue weighted by Crippen LogP contribution is 2.20. The van der Waals surface area contributed by atoms with E-state index in [-0.39, 0.29) is 23.9 Å². The van der Waals surface area contributed by atoms with E-state index < -0.39 is 16.4 Å². The standard InChI is InChI=1S/C12H16FN3O3/c1-2-8(7-14)3-12(17)15-10-4-9(13)5-11(6-10)16(18)19/h4-6,8H,2-3,7,14H2,1H3,(H,15,17). The third kappa shape index (κ3) is 4.63. The van der Waals surface area contributed by atoms with Crippen LogP contribution in [0.4, 0.5) is 15.8 Å². The van der Waals surface area contributed by atoms with E-state index in [2.05, 4.69) is 5.32 Å². The fraction of sp³-hybridized carbons (Fsp3) is 0.417. The van der Waals surface area contributed by atoms with E-state index in [1.807, 2.05) is 6.92 Å². The Morgan fingerprint density at radius 3 is 2.74 bits per heavy atom. The van der Waals surface area contributed by atoms with E-state index in [1.54, 1.807) is 0 Å². The molecular formula is C12H16FN3O3. The van der Waals surface area contributed by atoms with Crippen LogP contribution in [-0.4, -0.2) is 17.4 Å². The molecule has 1 atom stereocenters. The third-order valence-corrected chi connectivity index (χ3v) is 2.76. The van der Waals surface area contributed by atoms with Crippen LogP contribution in [0.3, 0.4) is 0 Å². The zero-order valence-electron chi connectivity index (χ0n) is 10.6. The molecule has 1 aromatic rings. The van der Waals surface area contributed by atoms with Crippen LogP contribution in [0.15, 0.2) is 18.2 Å². The maximum atomic E-state index is 13.2. The smallest absolute Gasteiger partial charge is 0.274 e. The van der Waals surface area contributed by atoms with Gasteiger partial charge in [0.15, 0.2) is 0 Å². The number of rotatable bonds is 6. The molecule has 0 radical (unpaired) electrons. The van der Waals surface area contributed by atoms with E-state index in [4.69, 9.17) is 5.73 Å². The third-order valence-electron chi connectivity index (χ3n) is 2.76. The summed E-state index contributed by atoms with van der Waals surface area (Å²) in [6.07, 6.45) is 0.963. The van der Waals surface area contributed by atoms with Crippen molar-refractivity contribution in [2.75, 3.05) is 11.9 Å². The largest absolute Gasteiger partial charge is 0.330 e. The second-order valence-corrected chi connectivity index (χ2v) is 4.22. The molecule has 0 saturated heterocycles. The number of nitro groups is 1. The zero-order valence-corrected chi connectivity index (χ0v) is 10.6. The molecule has 1 amide bonds. The highest BCUT2D eigenvalue weighted by Gasteiger charge is 2.14. The van der Waals surface area contributed by atoms with Crippen molar-refractivity contribution in [3.63, 3.8) is 0 Å². The first kappa shape index (κ1) is 15.0. The summed E-state index contributed by atoms with van der Waals surface area (Å²) in [5.41, 5.74) is 5.15. The topological polar surface area (TPSA) is 98.3 Å². The van der Waals surface area contributed by atoms with Crippen LogP contribution in [0.5, 0.6) is 0 Å². The van der Waals surface area contributed by atoms with Gasteiger partial charge in [0.05, 0.1) is 16.7 Å². The minimum atomic E-state index is -0.768. The number of benzene rings is 1. The highest BCUT2D eigenvalue weighted by atomic mass is 19.1. The van der Waals surface area contributed by atoms with Crippen molar-refractivity contribution in [1.29, 1.82) is 0 Å². The van der Waals surface area contributed by atoms with E-state index in [0.717, 1.165) is 24.6 Å². The van der Waals surface area contributed by atoms with Crippen LogP contribution < -0.4 is 11.1 Å². The first-order valence-electron chi connectivity index (χ1n) is 5.91.